The second-order valence-corrected chi connectivity index (χ2v) is 5.10. The minimum absolute atomic E-state index is 0.178. The predicted molar refractivity (Wildman–Crippen MR) is 87.8 cm³/mol. The van der Waals surface area contributed by atoms with Crippen molar-refractivity contribution in [3.63, 3.8) is 0 Å². The van der Waals surface area contributed by atoms with Crippen LogP contribution in [-0.4, -0.2) is 18.4 Å². The molecule has 0 saturated carbocycles. The Kier molecular flexibility index (Phi) is 5.74. The third-order valence-electron chi connectivity index (χ3n) is 3.42. The second-order valence-electron chi connectivity index (χ2n) is 5.10. The molecule has 0 spiro atoms. The summed E-state index contributed by atoms with van der Waals surface area (Å²) >= 11 is 0. The maximum absolute atomic E-state index is 12.0. The largest absolute Gasteiger partial charge is 0.484 e. The lowest BCUT2D eigenvalue weighted by Crippen LogP contribution is -2.39. The van der Waals surface area contributed by atoms with Crippen LogP contribution in [0.1, 0.15) is 24.1 Å². The summed E-state index contributed by atoms with van der Waals surface area (Å²) in [5.74, 6) is -0.415. The van der Waals surface area contributed by atoms with Crippen LogP contribution in [0.5, 0.6) is 5.75 Å². The van der Waals surface area contributed by atoms with E-state index in [2.05, 4.69) is 12.2 Å². The van der Waals surface area contributed by atoms with Crippen molar-refractivity contribution >= 4 is 11.8 Å². The summed E-state index contributed by atoms with van der Waals surface area (Å²) in [5, 5.41) is 2.59. The van der Waals surface area contributed by atoms with Gasteiger partial charge in [-0.05, 0) is 29.7 Å². The minimum atomic E-state index is -0.866. The van der Waals surface area contributed by atoms with Gasteiger partial charge >= 0.3 is 0 Å². The fraction of sp³-hybridized carbons (Fsp3) is 0.222. The Morgan fingerprint density at radius 1 is 1.09 bits per heavy atom. The fourth-order valence-corrected chi connectivity index (χ4v) is 2.14. The van der Waals surface area contributed by atoms with E-state index in [1.807, 2.05) is 30.3 Å². The van der Waals surface area contributed by atoms with E-state index >= 15 is 0 Å². The van der Waals surface area contributed by atoms with Gasteiger partial charge in [0.15, 0.2) is 6.61 Å². The molecule has 0 bridgehead atoms. The zero-order chi connectivity index (χ0) is 16.7. The first-order valence-corrected chi connectivity index (χ1v) is 7.45. The zero-order valence-corrected chi connectivity index (χ0v) is 13.0. The number of nitrogens with two attached hydrogens (primary N) is 1. The van der Waals surface area contributed by atoms with Crippen molar-refractivity contribution in [3.05, 3.63) is 65.7 Å². The van der Waals surface area contributed by atoms with E-state index in [0.29, 0.717) is 11.3 Å². The van der Waals surface area contributed by atoms with Gasteiger partial charge < -0.3 is 15.8 Å². The van der Waals surface area contributed by atoms with Crippen molar-refractivity contribution in [2.75, 3.05) is 6.61 Å². The minimum Gasteiger partial charge on any atom is -0.484 e. The molecule has 2 aromatic rings. The van der Waals surface area contributed by atoms with E-state index in [9.17, 15) is 9.59 Å². The smallest absolute Gasteiger partial charge is 0.258 e. The molecule has 0 radical (unpaired) electrons. The predicted octanol–water partition coefficient (Wildman–Crippen LogP) is 1.97. The van der Waals surface area contributed by atoms with E-state index in [0.717, 1.165) is 6.42 Å². The number of carbonyl (C=O) groups is 2. The van der Waals surface area contributed by atoms with Gasteiger partial charge in [-0.3, -0.25) is 9.59 Å². The second kappa shape index (κ2) is 7.98. The summed E-state index contributed by atoms with van der Waals surface area (Å²) in [7, 11) is 0. The van der Waals surface area contributed by atoms with Gasteiger partial charge in [0.25, 0.3) is 5.91 Å². The standard InChI is InChI=1S/C18H20N2O3/c1-2-13-8-10-15(11-9-13)23-12-16(21)20-17(18(19)22)14-6-4-3-5-7-14/h3-11,17H,2,12H2,1H3,(H2,19,22)(H,20,21). The molecule has 1 atom stereocenters. The summed E-state index contributed by atoms with van der Waals surface area (Å²) in [6.07, 6.45) is 0.943. The Morgan fingerprint density at radius 2 is 1.74 bits per heavy atom. The molecule has 23 heavy (non-hydrogen) atoms. The number of hydrogen-bond acceptors (Lipinski definition) is 3. The van der Waals surface area contributed by atoms with Gasteiger partial charge in [0.05, 0.1) is 0 Å². The molecule has 0 aliphatic carbocycles. The highest BCUT2D eigenvalue weighted by atomic mass is 16.5. The molecule has 0 aromatic heterocycles. The number of carbonyl (C=O) groups excluding carboxylic acids is 2. The van der Waals surface area contributed by atoms with Crippen molar-refractivity contribution in [3.8, 4) is 5.75 Å². The van der Waals surface area contributed by atoms with Crippen LogP contribution in [0.4, 0.5) is 0 Å². The van der Waals surface area contributed by atoms with Crippen molar-refractivity contribution in [2.24, 2.45) is 5.73 Å². The molecule has 120 valence electrons. The van der Waals surface area contributed by atoms with Gasteiger partial charge in [0.2, 0.25) is 5.91 Å². The summed E-state index contributed by atoms with van der Waals surface area (Å²) in [6.45, 7) is 1.89. The first-order valence-electron chi connectivity index (χ1n) is 7.45. The maximum Gasteiger partial charge on any atom is 0.258 e. The van der Waals surface area contributed by atoms with Crippen molar-refractivity contribution in [1.82, 2.24) is 5.32 Å². The Labute approximate surface area is 135 Å². The van der Waals surface area contributed by atoms with E-state index in [1.165, 1.54) is 5.56 Å². The highest BCUT2D eigenvalue weighted by molar-refractivity contribution is 5.88. The first kappa shape index (κ1) is 16.5. The average Bonchev–Trinajstić information content (AvgIpc) is 2.58. The average molecular weight is 312 g/mol. The molecular formula is C18H20N2O3. The molecule has 5 nitrogen and oxygen atoms in total. The number of hydrogen-bond donors (Lipinski definition) is 2. The Bertz CT molecular complexity index is 654. The molecule has 3 N–H and O–H groups in total. The molecule has 5 heteroatoms. The van der Waals surface area contributed by atoms with Gasteiger partial charge in [-0.1, -0.05) is 49.4 Å². The SMILES string of the molecule is CCc1ccc(OCC(=O)NC(C(N)=O)c2ccccc2)cc1. The lowest BCUT2D eigenvalue weighted by molar-refractivity contribution is -0.128. The van der Waals surface area contributed by atoms with Crippen LogP contribution in [0.25, 0.3) is 0 Å². The molecule has 0 saturated heterocycles. The topological polar surface area (TPSA) is 81.4 Å². The Hall–Kier alpha value is -2.82. The maximum atomic E-state index is 12.0. The van der Waals surface area contributed by atoms with E-state index in [1.54, 1.807) is 24.3 Å². The van der Waals surface area contributed by atoms with Crippen LogP contribution in [0.2, 0.25) is 0 Å². The molecule has 0 aliphatic rings. The van der Waals surface area contributed by atoms with Crippen molar-refractivity contribution in [1.29, 1.82) is 0 Å². The van der Waals surface area contributed by atoms with Crippen LogP contribution >= 0.6 is 0 Å². The van der Waals surface area contributed by atoms with Crippen LogP contribution < -0.4 is 15.8 Å². The van der Waals surface area contributed by atoms with Crippen molar-refractivity contribution in [2.45, 2.75) is 19.4 Å². The quantitative estimate of drug-likeness (QED) is 0.820. The third kappa shape index (κ3) is 4.85. The van der Waals surface area contributed by atoms with E-state index < -0.39 is 17.9 Å². The van der Waals surface area contributed by atoms with Crippen molar-refractivity contribution < 1.29 is 14.3 Å². The third-order valence-corrected chi connectivity index (χ3v) is 3.42. The molecule has 2 amide bonds. The van der Waals surface area contributed by atoms with Gasteiger partial charge in [0.1, 0.15) is 11.8 Å². The number of rotatable bonds is 7. The summed E-state index contributed by atoms with van der Waals surface area (Å²) < 4.78 is 5.42. The summed E-state index contributed by atoms with van der Waals surface area (Å²) in [6, 6.07) is 15.5. The van der Waals surface area contributed by atoms with Crippen LogP contribution in [-0.2, 0) is 16.0 Å². The van der Waals surface area contributed by atoms with Crippen LogP contribution in [0.15, 0.2) is 54.6 Å². The van der Waals surface area contributed by atoms with Gasteiger partial charge in [-0.15, -0.1) is 0 Å². The van der Waals surface area contributed by atoms with E-state index in [4.69, 9.17) is 10.5 Å². The van der Waals surface area contributed by atoms with Gasteiger partial charge in [-0.2, -0.15) is 0 Å². The summed E-state index contributed by atoms with van der Waals surface area (Å²) in [4.78, 5) is 23.5. The van der Waals surface area contributed by atoms with Gasteiger partial charge in [0, 0.05) is 0 Å². The fourth-order valence-electron chi connectivity index (χ4n) is 2.14. The summed E-state index contributed by atoms with van der Waals surface area (Å²) in [5.41, 5.74) is 7.20. The zero-order valence-electron chi connectivity index (χ0n) is 13.0. The van der Waals surface area contributed by atoms with Gasteiger partial charge in [-0.25, -0.2) is 0 Å². The molecular weight excluding hydrogens is 292 g/mol. The Morgan fingerprint density at radius 3 is 2.30 bits per heavy atom. The van der Waals surface area contributed by atoms with Crippen LogP contribution in [0.3, 0.4) is 0 Å². The number of amides is 2. The lowest BCUT2D eigenvalue weighted by atomic mass is 10.1. The Balaban J connectivity index is 1.93. The lowest BCUT2D eigenvalue weighted by Gasteiger charge is -2.16. The highest BCUT2D eigenvalue weighted by Gasteiger charge is 2.20. The number of ether oxygens (including phenoxy) is 1. The molecule has 2 rings (SSSR count). The monoisotopic (exact) mass is 312 g/mol. The van der Waals surface area contributed by atoms with Crippen LogP contribution in [0, 0.1) is 0 Å². The molecule has 0 fully saturated rings. The molecule has 2 aromatic carbocycles. The van der Waals surface area contributed by atoms with E-state index in [-0.39, 0.29) is 6.61 Å². The molecule has 1 unspecified atom stereocenters. The number of benzene rings is 2. The normalized spacial score (nSPS) is 11.5. The molecule has 0 heterocycles. The number of primary amides is 1. The number of nitrogens with one attached hydrogen (secondary N) is 1. The highest BCUT2D eigenvalue weighted by Crippen LogP contribution is 2.14. The first-order chi connectivity index (χ1) is 11.1. The number of aryl methyl sites for hydroxylation is 1. The molecule has 0 aliphatic heterocycles.